The molecule has 0 saturated carbocycles. The number of benzene rings is 9. The molecular formula is C62H36N6S2. The van der Waals surface area contributed by atoms with Crippen molar-refractivity contribution < 1.29 is 0 Å². The number of pyridine rings is 1. The summed E-state index contributed by atoms with van der Waals surface area (Å²) in [5, 5.41) is 10.0. The van der Waals surface area contributed by atoms with E-state index in [4.69, 9.17) is 19.9 Å². The van der Waals surface area contributed by atoms with Crippen molar-refractivity contribution in [3.05, 3.63) is 219 Å². The molecule has 0 fully saturated rings. The number of para-hydroxylation sites is 2. The number of rotatable bonds is 6. The molecule has 9 aromatic carbocycles. The van der Waals surface area contributed by atoms with Gasteiger partial charge in [0.05, 0.1) is 39.6 Å². The molecule has 326 valence electrons. The van der Waals surface area contributed by atoms with Crippen molar-refractivity contribution in [2.24, 2.45) is 0 Å². The summed E-state index contributed by atoms with van der Waals surface area (Å²) >= 11 is 3.74. The molecule has 0 aliphatic carbocycles. The van der Waals surface area contributed by atoms with Crippen molar-refractivity contribution in [2.75, 3.05) is 0 Å². The van der Waals surface area contributed by atoms with Gasteiger partial charge in [-0.1, -0.05) is 158 Å². The standard InChI is InChI=1S/C62H36N6S2/c1-3-15-37(16-4-1)60-64-61(38-17-5-2-6-18-38)66-62(65-60)39-27-28-40(52(35-39)67-48-23-11-7-21-46(48)56-50(67)31-29-44-42-19-9-13-25-54(42)69-58(44)56)41-33-34-63-36-53(41)68-49-24-12-8-22-47(49)57-51(68)32-30-45-43-20-10-14-26-55(43)70-59(45)57/h1-36H. The zero-order chi connectivity index (χ0) is 45.9. The van der Waals surface area contributed by atoms with Crippen molar-refractivity contribution in [1.82, 2.24) is 29.1 Å². The Morgan fingerprint density at radius 3 is 1.34 bits per heavy atom. The van der Waals surface area contributed by atoms with E-state index < -0.39 is 0 Å². The Balaban J connectivity index is 1.04. The third kappa shape index (κ3) is 5.84. The van der Waals surface area contributed by atoms with Crippen LogP contribution < -0.4 is 0 Å². The predicted octanol–water partition coefficient (Wildman–Crippen LogP) is 16.9. The van der Waals surface area contributed by atoms with Gasteiger partial charge in [-0.25, -0.2) is 15.0 Å². The maximum Gasteiger partial charge on any atom is 0.164 e. The molecule has 0 aliphatic heterocycles. The summed E-state index contributed by atoms with van der Waals surface area (Å²) in [6, 6.07) is 73.6. The highest BCUT2D eigenvalue weighted by atomic mass is 32.1. The molecule has 0 amide bonds. The minimum atomic E-state index is 0.595. The van der Waals surface area contributed by atoms with Gasteiger partial charge in [-0.3, -0.25) is 4.98 Å². The Kier molecular flexibility index (Phi) is 8.60. The van der Waals surface area contributed by atoms with Gasteiger partial charge in [-0.05, 0) is 48.5 Å². The highest BCUT2D eigenvalue weighted by molar-refractivity contribution is 7.27. The van der Waals surface area contributed by atoms with Gasteiger partial charge < -0.3 is 9.13 Å². The number of hydrogen-bond acceptors (Lipinski definition) is 6. The Labute approximate surface area is 408 Å². The highest BCUT2D eigenvalue weighted by Crippen LogP contribution is 2.48. The van der Waals surface area contributed by atoms with E-state index in [0.717, 1.165) is 61.3 Å². The largest absolute Gasteiger partial charge is 0.309 e. The summed E-state index contributed by atoms with van der Waals surface area (Å²) in [7, 11) is 0. The number of fused-ring (bicyclic) bond motifs is 14. The molecule has 0 N–H and O–H groups in total. The second-order valence-electron chi connectivity index (χ2n) is 17.7. The van der Waals surface area contributed by atoms with Gasteiger partial charge in [-0.15, -0.1) is 22.7 Å². The molecule has 15 aromatic rings. The van der Waals surface area contributed by atoms with Crippen LogP contribution in [0.3, 0.4) is 0 Å². The third-order valence-corrected chi connectivity index (χ3v) is 16.3. The summed E-state index contributed by atoms with van der Waals surface area (Å²) in [5.41, 5.74) is 11.4. The summed E-state index contributed by atoms with van der Waals surface area (Å²) in [6.45, 7) is 0. The first-order chi connectivity index (χ1) is 34.7. The molecule has 6 heterocycles. The molecule has 15 rings (SSSR count). The van der Waals surface area contributed by atoms with E-state index in [1.807, 2.05) is 71.5 Å². The lowest BCUT2D eigenvalue weighted by Crippen LogP contribution is -2.04. The Hall–Kier alpha value is -8.82. The van der Waals surface area contributed by atoms with Gasteiger partial charge >= 0.3 is 0 Å². The van der Waals surface area contributed by atoms with E-state index in [1.165, 1.54) is 61.9 Å². The summed E-state index contributed by atoms with van der Waals surface area (Å²) in [6.07, 6.45) is 3.95. The van der Waals surface area contributed by atoms with Gasteiger partial charge in [0.1, 0.15) is 0 Å². The van der Waals surface area contributed by atoms with Crippen molar-refractivity contribution in [2.45, 2.75) is 0 Å². The SMILES string of the molecule is c1ccc(-c2nc(-c3ccccc3)nc(-c3ccc(-c4ccncc4-n4c5ccccc5c5c6sc7ccccc7c6ccc54)c(-n4c5ccccc5c5c6sc7ccccc7c6ccc54)c3)n2)cc1. The van der Waals surface area contributed by atoms with Crippen LogP contribution in [0.25, 0.3) is 141 Å². The first-order valence-corrected chi connectivity index (χ1v) is 25.0. The van der Waals surface area contributed by atoms with Gasteiger partial charge in [-0.2, -0.15) is 0 Å². The second-order valence-corrected chi connectivity index (χ2v) is 19.8. The molecule has 6 aromatic heterocycles. The lowest BCUT2D eigenvalue weighted by molar-refractivity contribution is 1.07. The van der Waals surface area contributed by atoms with Crippen LogP contribution in [0.5, 0.6) is 0 Å². The second kappa shape index (κ2) is 15.3. The van der Waals surface area contributed by atoms with Crippen LogP contribution >= 0.6 is 22.7 Å². The molecule has 0 aliphatic rings. The molecule has 0 spiro atoms. The first-order valence-electron chi connectivity index (χ1n) is 23.4. The number of hydrogen-bond donors (Lipinski definition) is 0. The topological polar surface area (TPSA) is 61.4 Å². The third-order valence-electron chi connectivity index (χ3n) is 13.9. The molecule has 8 heteroatoms. The van der Waals surface area contributed by atoms with E-state index in [1.54, 1.807) is 0 Å². The van der Waals surface area contributed by atoms with Crippen molar-refractivity contribution in [3.8, 4) is 56.7 Å². The summed E-state index contributed by atoms with van der Waals surface area (Å²) in [5.74, 6) is 1.84. The average Bonchev–Trinajstić information content (AvgIpc) is 4.19. The van der Waals surface area contributed by atoms with E-state index in [0.29, 0.717) is 17.5 Å². The van der Waals surface area contributed by atoms with E-state index in [2.05, 4.69) is 179 Å². The predicted molar refractivity (Wildman–Crippen MR) is 294 cm³/mol. The fraction of sp³-hybridized carbons (Fsp3) is 0. The van der Waals surface area contributed by atoms with Crippen LogP contribution in [0.1, 0.15) is 0 Å². The maximum atomic E-state index is 5.24. The van der Waals surface area contributed by atoms with Crippen LogP contribution in [0.4, 0.5) is 0 Å². The Bertz CT molecular complexity index is 4540. The fourth-order valence-electron chi connectivity index (χ4n) is 10.8. The zero-order valence-corrected chi connectivity index (χ0v) is 38.9. The van der Waals surface area contributed by atoms with Crippen molar-refractivity contribution >= 4 is 107 Å². The molecule has 0 radical (unpaired) electrons. The molecule has 0 unspecified atom stereocenters. The Morgan fingerprint density at radius 2 is 0.786 bits per heavy atom. The van der Waals surface area contributed by atoms with Gasteiger partial charge in [0.15, 0.2) is 17.5 Å². The quantitative estimate of drug-likeness (QED) is 0.167. The average molecular weight is 929 g/mol. The molecule has 0 atom stereocenters. The highest BCUT2D eigenvalue weighted by Gasteiger charge is 2.25. The number of nitrogens with zero attached hydrogens (tertiary/aromatic N) is 6. The van der Waals surface area contributed by atoms with Crippen LogP contribution in [-0.4, -0.2) is 29.1 Å². The molecule has 0 saturated heterocycles. The first kappa shape index (κ1) is 39.2. The lowest BCUT2D eigenvalue weighted by Gasteiger charge is -2.19. The van der Waals surface area contributed by atoms with E-state index in [-0.39, 0.29) is 0 Å². The van der Waals surface area contributed by atoms with Crippen molar-refractivity contribution in [1.29, 1.82) is 0 Å². The lowest BCUT2D eigenvalue weighted by atomic mass is 9.99. The summed E-state index contributed by atoms with van der Waals surface area (Å²) in [4.78, 5) is 20.4. The van der Waals surface area contributed by atoms with E-state index in [9.17, 15) is 0 Å². The molecule has 6 nitrogen and oxygen atoms in total. The van der Waals surface area contributed by atoms with Crippen LogP contribution in [0.15, 0.2) is 219 Å². The molecule has 0 bridgehead atoms. The normalized spacial score (nSPS) is 12.0. The van der Waals surface area contributed by atoms with Crippen molar-refractivity contribution in [3.63, 3.8) is 0 Å². The Morgan fingerprint density at radius 1 is 0.329 bits per heavy atom. The van der Waals surface area contributed by atoms with Gasteiger partial charge in [0.25, 0.3) is 0 Å². The number of aromatic nitrogens is 6. The zero-order valence-electron chi connectivity index (χ0n) is 37.3. The van der Waals surface area contributed by atoms with Crippen LogP contribution in [0, 0.1) is 0 Å². The maximum absolute atomic E-state index is 5.24. The van der Waals surface area contributed by atoms with Crippen LogP contribution in [0.2, 0.25) is 0 Å². The summed E-state index contributed by atoms with van der Waals surface area (Å²) < 4.78 is 10.0. The smallest absolute Gasteiger partial charge is 0.164 e. The van der Waals surface area contributed by atoms with E-state index >= 15 is 0 Å². The molecule has 70 heavy (non-hydrogen) atoms. The monoisotopic (exact) mass is 928 g/mol. The van der Waals surface area contributed by atoms with Crippen LogP contribution in [-0.2, 0) is 0 Å². The fourth-order valence-corrected chi connectivity index (χ4v) is 13.3. The van der Waals surface area contributed by atoms with Gasteiger partial charge in [0, 0.05) is 95.9 Å². The minimum absolute atomic E-state index is 0.595. The molecular weight excluding hydrogens is 893 g/mol. The van der Waals surface area contributed by atoms with Gasteiger partial charge in [0.2, 0.25) is 0 Å². The minimum Gasteiger partial charge on any atom is -0.309 e. The number of thiophene rings is 2.